The summed E-state index contributed by atoms with van der Waals surface area (Å²) in [6, 6.07) is 14.3. The van der Waals surface area contributed by atoms with Crippen molar-refractivity contribution in [3.8, 4) is 5.75 Å². The van der Waals surface area contributed by atoms with Crippen LogP contribution < -0.4 is 10.1 Å². The van der Waals surface area contributed by atoms with Crippen LogP contribution in [0.3, 0.4) is 0 Å². The molecule has 0 aliphatic carbocycles. The number of hydrogen-bond acceptors (Lipinski definition) is 5. The van der Waals surface area contributed by atoms with Crippen LogP contribution in [-0.4, -0.2) is 50.5 Å². The first kappa shape index (κ1) is 17.7. The molecule has 1 saturated heterocycles. The van der Waals surface area contributed by atoms with Crippen molar-refractivity contribution in [3.63, 3.8) is 0 Å². The summed E-state index contributed by atoms with van der Waals surface area (Å²) in [6.45, 7) is 2.79. The summed E-state index contributed by atoms with van der Waals surface area (Å²) >= 11 is 0. The lowest BCUT2D eigenvalue weighted by atomic mass is 9.96. The van der Waals surface area contributed by atoms with Gasteiger partial charge >= 0.3 is 0 Å². The van der Waals surface area contributed by atoms with E-state index in [1.54, 1.807) is 17.9 Å². The van der Waals surface area contributed by atoms with Crippen molar-refractivity contribution in [3.05, 3.63) is 54.1 Å². The molecule has 2 aliphatic heterocycles. The maximum absolute atomic E-state index is 13.0. The third-order valence-corrected chi connectivity index (χ3v) is 5.67. The van der Waals surface area contributed by atoms with E-state index >= 15 is 0 Å². The number of aromatic nitrogens is 3. The highest BCUT2D eigenvalue weighted by Crippen LogP contribution is 2.33. The second kappa shape index (κ2) is 6.58. The number of benzene rings is 2. The van der Waals surface area contributed by atoms with Crippen LogP contribution in [0.15, 0.2) is 48.5 Å². The molecule has 2 aromatic carbocycles. The molecule has 1 fully saturated rings. The highest BCUT2D eigenvalue weighted by molar-refractivity contribution is 5.98. The van der Waals surface area contributed by atoms with Gasteiger partial charge in [-0.1, -0.05) is 24.3 Å². The van der Waals surface area contributed by atoms with Crippen molar-refractivity contribution < 1.29 is 14.3 Å². The van der Waals surface area contributed by atoms with Gasteiger partial charge in [0.15, 0.2) is 5.72 Å². The highest BCUT2D eigenvalue weighted by atomic mass is 16.5. The minimum atomic E-state index is -0.760. The van der Waals surface area contributed by atoms with E-state index in [0.717, 1.165) is 11.0 Å². The molecule has 5 rings (SSSR count). The van der Waals surface area contributed by atoms with Crippen LogP contribution in [0.4, 0.5) is 0 Å². The molecule has 0 radical (unpaired) electrons. The first-order valence-corrected chi connectivity index (χ1v) is 9.76. The summed E-state index contributed by atoms with van der Waals surface area (Å²) in [5, 5.41) is 11.8. The van der Waals surface area contributed by atoms with E-state index in [0.29, 0.717) is 37.2 Å². The van der Waals surface area contributed by atoms with Crippen LogP contribution in [0.5, 0.6) is 5.75 Å². The molecule has 1 aromatic heterocycles. The summed E-state index contributed by atoms with van der Waals surface area (Å²) in [5.74, 6) is 0.423. The number of amides is 2. The van der Waals surface area contributed by atoms with Crippen molar-refractivity contribution in [2.75, 3.05) is 13.1 Å². The smallest absolute Gasteiger partial charge is 0.258 e. The molecule has 3 heterocycles. The molecular formula is C21H21N5O3. The van der Waals surface area contributed by atoms with Gasteiger partial charge in [-0.25, -0.2) is 0 Å². The number of carbonyl (C=O) groups is 2. The molecule has 1 unspecified atom stereocenters. The Morgan fingerprint density at radius 2 is 1.69 bits per heavy atom. The molecule has 8 heteroatoms. The van der Waals surface area contributed by atoms with Crippen molar-refractivity contribution >= 4 is 22.8 Å². The van der Waals surface area contributed by atoms with Gasteiger partial charge in [-0.3, -0.25) is 9.59 Å². The summed E-state index contributed by atoms with van der Waals surface area (Å²) in [4.78, 5) is 28.7. The zero-order valence-electron chi connectivity index (χ0n) is 16.0. The highest BCUT2D eigenvalue weighted by Gasteiger charge is 2.43. The summed E-state index contributed by atoms with van der Waals surface area (Å²) in [6.07, 6.45) is 1.06. The largest absolute Gasteiger partial charge is 0.467 e. The van der Waals surface area contributed by atoms with Crippen LogP contribution >= 0.6 is 0 Å². The Balaban J connectivity index is 1.29. The molecular weight excluding hydrogens is 370 g/mol. The zero-order valence-corrected chi connectivity index (χ0v) is 16.0. The van der Waals surface area contributed by atoms with Crippen molar-refractivity contribution in [2.24, 2.45) is 0 Å². The first-order valence-electron chi connectivity index (χ1n) is 9.76. The quantitative estimate of drug-likeness (QED) is 0.723. The molecule has 0 bridgehead atoms. The number of rotatable bonds is 2. The Morgan fingerprint density at radius 1 is 1.07 bits per heavy atom. The number of ether oxygens (including phenoxy) is 1. The van der Waals surface area contributed by atoms with Gasteiger partial charge in [0.05, 0.1) is 5.56 Å². The minimum absolute atomic E-state index is 0.0392. The molecule has 2 amide bonds. The van der Waals surface area contributed by atoms with Crippen LogP contribution in [0.2, 0.25) is 0 Å². The topological polar surface area (TPSA) is 89.4 Å². The van der Waals surface area contributed by atoms with Gasteiger partial charge in [-0.15, -0.1) is 0 Å². The minimum Gasteiger partial charge on any atom is -0.467 e. The van der Waals surface area contributed by atoms with Gasteiger partial charge in [0.2, 0.25) is 5.91 Å². The lowest BCUT2D eigenvalue weighted by molar-refractivity contribution is -0.139. The molecule has 2 aliphatic rings. The Labute approximate surface area is 167 Å². The first-order chi connectivity index (χ1) is 14.0. The average Bonchev–Trinajstić information content (AvgIpc) is 3.17. The monoisotopic (exact) mass is 391 g/mol. The van der Waals surface area contributed by atoms with Gasteiger partial charge in [0.1, 0.15) is 22.8 Å². The van der Waals surface area contributed by atoms with Gasteiger partial charge in [0, 0.05) is 25.9 Å². The van der Waals surface area contributed by atoms with E-state index in [1.165, 1.54) is 4.80 Å². The normalized spacial score (nSPS) is 18.8. The van der Waals surface area contributed by atoms with Crippen LogP contribution in [-0.2, 0) is 4.79 Å². The van der Waals surface area contributed by atoms with Crippen LogP contribution in [0.25, 0.3) is 11.0 Å². The summed E-state index contributed by atoms with van der Waals surface area (Å²) in [7, 11) is 0. The molecule has 0 saturated carbocycles. The Bertz CT molecular complexity index is 1070. The van der Waals surface area contributed by atoms with Crippen LogP contribution in [0.1, 0.15) is 36.2 Å². The molecule has 1 atom stereocenters. The van der Waals surface area contributed by atoms with Crippen LogP contribution in [0, 0.1) is 0 Å². The molecule has 8 nitrogen and oxygen atoms in total. The van der Waals surface area contributed by atoms with E-state index < -0.39 is 11.8 Å². The number of nitrogens with one attached hydrogen (secondary N) is 1. The van der Waals surface area contributed by atoms with Crippen molar-refractivity contribution in [1.29, 1.82) is 0 Å². The maximum atomic E-state index is 13.0. The maximum Gasteiger partial charge on any atom is 0.258 e. The second-order valence-corrected chi connectivity index (χ2v) is 7.56. The number of hydrogen-bond donors (Lipinski definition) is 1. The van der Waals surface area contributed by atoms with Gasteiger partial charge in [0.25, 0.3) is 5.91 Å². The number of piperidine rings is 1. The molecule has 1 spiro atoms. The van der Waals surface area contributed by atoms with Crippen molar-refractivity contribution in [2.45, 2.75) is 31.5 Å². The fourth-order valence-corrected chi connectivity index (χ4v) is 3.98. The lowest BCUT2D eigenvalue weighted by Crippen LogP contribution is -2.61. The summed E-state index contributed by atoms with van der Waals surface area (Å²) < 4.78 is 6.14. The number of carbonyl (C=O) groups excluding carboxylic acids is 2. The number of para-hydroxylation sites is 1. The number of nitrogens with zero attached hydrogens (tertiary/aromatic N) is 4. The average molecular weight is 391 g/mol. The lowest BCUT2D eigenvalue weighted by Gasteiger charge is -2.44. The third-order valence-electron chi connectivity index (χ3n) is 5.67. The summed E-state index contributed by atoms with van der Waals surface area (Å²) in [5.41, 5.74) is 1.31. The van der Waals surface area contributed by atoms with E-state index in [1.807, 2.05) is 42.5 Å². The fourth-order valence-electron chi connectivity index (χ4n) is 3.98. The van der Waals surface area contributed by atoms with Gasteiger partial charge in [-0.2, -0.15) is 15.0 Å². The van der Waals surface area contributed by atoms with Crippen molar-refractivity contribution in [1.82, 2.24) is 25.2 Å². The molecule has 29 heavy (non-hydrogen) atoms. The van der Waals surface area contributed by atoms with E-state index in [9.17, 15) is 9.59 Å². The Kier molecular flexibility index (Phi) is 4.01. The van der Waals surface area contributed by atoms with E-state index in [4.69, 9.17) is 4.74 Å². The van der Waals surface area contributed by atoms with Gasteiger partial charge in [-0.05, 0) is 31.2 Å². The van der Waals surface area contributed by atoms with E-state index in [-0.39, 0.29) is 11.8 Å². The third kappa shape index (κ3) is 3.00. The molecule has 148 valence electrons. The predicted octanol–water partition coefficient (Wildman–Crippen LogP) is 2.13. The number of fused-ring (bicyclic) bond motifs is 2. The van der Waals surface area contributed by atoms with Gasteiger partial charge < -0.3 is 15.0 Å². The molecule has 3 aromatic rings. The second-order valence-electron chi connectivity index (χ2n) is 7.56. The number of likely N-dealkylation sites (tertiary alicyclic amines) is 1. The molecule has 1 N–H and O–H groups in total. The zero-order chi connectivity index (χ0) is 20.0. The fraction of sp³-hybridized carbons (Fsp3) is 0.333. The predicted molar refractivity (Wildman–Crippen MR) is 105 cm³/mol. The Hall–Kier alpha value is -3.42. The van der Waals surface area contributed by atoms with E-state index in [2.05, 4.69) is 15.5 Å². The SMILES string of the molecule is CC(C(=O)N1CCC2(CC1)NC(=O)c1ccccc1O2)n1nc2ccccc2n1. The Morgan fingerprint density at radius 3 is 2.38 bits per heavy atom. The standard InChI is InChI=1S/C21H21N5O3/c1-14(26-23-16-7-3-4-8-17(16)24-26)20(28)25-12-10-21(11-13-25)22-19(27)15-6-2-5-9-18(15)29-21/h2-9,14H,10-13H2,1H3,(H,22,27).